The van der Waals surface area contributed by atoms with Gasteiger partial charge in [0.15, 0.2) is 10.9 Å². The summed E-state index contributed by atoms with van der Waals surface area (Å²) in [5.41, 5.74) is 0.0412. The third kappa shape index (κ3) is 5.38. The molecule has 0 saturated heterocycles. The van der Waals surface area contributed by atoms with Crippen molar-refractivity contribution < 1.29 is 19.1 Å². The number of hydrogen-bond donors (Lipinski definition) is 0. The molecule has 0 aliphatic rings. The first-order chi connectivity index (χ1) is 10.2. The summed E-state index contributed by atoms with van der Waals surface area (Å²) in [5, 5.41) is 0.480. The van der Waals surface area contributed by atoms with Gasteiger partial charge in [-0.15, -0.1) is 0 Å². The Labute approximate surface area is 135 Å². The number of amides is 1. The van der Waals surface area contributed by atoms with E-state index in [1.807, 2.05) is 20.8 Å². The standard InChI is InChI=1S/C15H24N2O4S/c1-10-12(11(2)18)22-13(16-10)17(8-7-9-20-6)14(19)21-15(3,4)5/h7-9H2,1-6H3. The molecule has 0 aliphatic carbocycles. The zero-order chi connectivity index (χ0) is 16.9. The van der Waals surface area contributed by atoms with Crippen LogP contribution in [0.4, 0.5) is 9.93 Å². The SMILES string of the molecule is COCCCN(C(=O)OC(C)(C)C)c1nc(C)c(C(C)=O)s1. The monoisotopic (exact) mass is 328 g/mol. The Balaban J connectivity index is 3.01. The zero-order valence-electron chi connectivity index (χ0n) is 14.1. The number of ketones is 1. The molecule has 7 heteroatoms. The molecule has 0 aromatic carbocycles. The van der Waals surface area contributed by atoms with E-state index in [9.17, 15) is 9.59 Å². The highest BCUT2D eigenvalue weighted by molar-refractivity contribution is 7.17. The Morgan fingerprint density at radius 1 is 1.32 bits per heavy atom. The van der Waals surface area contributed by atoms with Gasteiger partial charge in [0.1, 0.15) is 5.60 Å². The first-order valence-corrected chi connectivity index (χ1v) is 7.95. The Hall–Kier alpha value is -1.47. The highest BCUT2D eigenvalue weighted by Crippen LogP contribution is 2.28. The number of anilines is 1. The largest absolute Gasteiger partial charge is 0.443 e. The van der Waals surface area contributed by atoms with Crippen molar-refractivity contribution in [3.63, 3.8) is 0 Å². The molecular weight excluding hydrogens is 304 g/mol. The minimum absolute atomic E-state index is 0.0534. The molecule has 1 heterocycles. The molecule has 0 unspecified atom stereocenters. The first-order valence-electron chi connectivity index (χ1n) is 7.13. The van der Waals surface area contributed by atoms with Crippen LogP contribution in [0, 0.1) is 6.92 Å². The van der Waals surface area contributed by atoms with E-state index in [1.165, 1.54) is 23.2 Å². The van der Waals surface area contributed by atoms with Crippen molar-refractivity contribution in [3.8, 4) is 0 Å². The second kappa shape index (κ2) is 7.69. The number of carbonyl (C=O) groups excluding carboxylic acids is 2. The van der Waals surface area contributed by atoms with Crippen LogP contribution in [0.3, 0.4) is 0 Å². The van der Waals surface area contributed by atoms with Crippen LogP contribution in [-0.2, 0) is 9.47 Å². The Morgan fingerprint density at radius 2 is 1.95 bits per heavy atom. The number of thiazole rings is 1. The fourth-order valence-electron chi connectivity index (χ4n) is 1.77. The molecule has 0 spiro atoms. The number of rotatable bonds is 6. The summed E-state index contributed by atoms with van der Waals surface area (Å²) in [5.74, 6) is -0.0534. The number of carbonyl (C=O) groups is 2. The van der Waals surface area contributed by atoms with Gasteiger partial charge >= 0.3 is 6.09 Å². The lowest BCUT2D eigenvalue weighted by Crippen LogP contribution is -2.37. The van der Waals surface area contributed by atoms with Gasteiger partial charge in [-0.3, -0.25) is 9.69 Å². The van der Waals surface area contributed by atoms with Gasteiger partial charge < -0.3 is 9.47 Å². The molecule has 0 atom stereocenters. The molecule has 0 N–H and O–H groups in total. The van der Waals surface area contributed by atoms with E-state index in [1.54, 1.807) is 14.0 Å². The number of methoxy groups -OCH3 is 1. The minimum atomic E-state index is -0.591. The molecule has 0 saturated carbocycles. The van der Waals surface area contributed by atoms with E-state index in [0.29, 0.717) is 35.3 Å². The van der Waals surface area contributed by atoms with E-state index in [4.69, 9.17) is 9.47 Å². The molecule has 1 amide bonds. The van der Waals surface area contributed by atoms with Gasteiger partial charge in [-0.25, -0.2) is 9.78 Å². The Kier molecular flexibility index (Phi) is 6.49. The summed E-state index contributed by atoms with van der Waals surface area (Å²) in [7, 11) is 1.61. The maximum atomic E-state index is 12.4. The van der Waals surface area contributed by atoms with Gasteiger partial charge in [0.25, 0.3) is 0 Å². The van der Waals surface area contributed by atoms with Crippen LogP contribution in [0.2, 0.25) is 0 Å². The molecule has 0 aliphatic heterocycles. The highest BCUT2D eigenvalue weighted by atomic mass is 32.1. The van der Waals surface area contributed by atoms with Crippen LogP contribution in [-0.4, -0.2) is 42.7 Å². The van der Waals surface area contributed by atoms with Gasteiger partial charge in [0, 0.05) is 27.2 Å². The predicted molar refractivity (Wildman–Crippen MR) is 86.9 cm³/mol. The molecule has 1 aromatic rings. The van der Waals surface area contributed by atoms with Crippen molar-refractivity contribution in [3.05, 3.63) is 10.6 Å². The second-order valence-corrected chi connectivity index (χ2v) is 6.92. The fourth-order valence-corrected chi connectivity index (χ4v) is 2.75. The number of nitrogens with zero attached hydrogens (tertiary/aromatic N) is 2. The van der Waals surface area contributed by atoms with E-state index >= 15 is 0 Å². The van der Waals surface area contributed by atoms with Gasteiger partial charge in [0.05, 0.1) is 10.6 Å². The Bertz CT molecular complexity index is 534. The van der Waals surface area contributed by atoms with E-state index in [2.05, 4.69) is 4.98 Å². The van der Waals surface area contributed by atoms with Gasteiger partial charge in [0.2, 0.25) is 0 Å². The van der Waals surface area contributed by atoms with Crippen molar-refractivity contribution in [1.82, 2.24) is 4.98 Å². The number of aryl methyl sites for hydroxylation is 1. The van der Waals surface area contributed by atoms with Crippen LogP contribution >= 0.6 is 11.3 Å². The lowest BCUT2D eigenvalue weighted by atomic mass is 10.2. The van der Waals surface area contributed by atoms with Crippen LogP contribution in [0.1, 0.15) is 49.5 Å². The topological polar surface area (TPSA) is 68.7 Å². The molecule has 1 aromatic heterocycles. The third-order valence-electron chi connectivity index (χ3n) is 2.68. The summed E-state index contributed by atoms with van der Waals surface area (Å²) in [6, 6.07) is 0. The van der Waals surface area contributed by atoms with E-state index < -0.39 is 11.7 Å². The quantitative estimate of drug-likeness (QED) is 0.591. The molecule has 124 valence electrons. The summed E-state index contributed by atoms with van der Waals surface area (Å²) in [6.45, 7) is 9.65. The normalized spacial score (nSPS) is 11.4. The van der Waals surface area contributed by atoms with Crippen LogP contribution < -0.4 is 4.90 Å². The van der Waals surface area contributed by atoms with E-state index in [-0.39, 0.29) is 5.78 Å². The zero-order valence-corrected chi connectivity index (χ0v) is 14.9. The maximum absolute atomic E-state index is 12.4. The molecular formula is C15H24N2O4S. The first kappa shape index (κ1) is 18.6. The summed E-state index contributed by atoms with van der Waals surface area (Å²) in [6.07, 6.45) is 0.191. The van der Waals surface area contributed by atoms with Crippen molar-refractivity contribution in [2.75, 3.05) is 25.2 Å². The van der Waals surface area contributed by atoms with Crippen molar-refractivity contribution in [1.29, 1.82) is 0 Å². The van der Waals surface area contributed by atoms with Gasteiger partial charge in [-0.1, -0.05) is 11.3 Å². The molecule has 0 bridgehead atoms. The fraction of sp³-hybridized carbons (Fsp3) is 0.667. The highest BCUT2D eigenvalue weighted by Gasteiger charge is 2.26. The van der Waals surface area contributed by atoms with Crippen LogP contribution in [0.5, 0.6) is 0 Å². The predicted octanol–water partition coefficient (Wildman–Crippen LogP) is 3.43. The third-order valence-corrected chi connectivity index (χ3v) is 3.96. The molecule has 1 rings (SSSR count). The second-order valence-electron chi connectivity index (χ2n) is 5.95. The van der Waals surface area contributed by atoms with Crippen LogP contribution in [0.25, 0.3) is 0 Å². The lowest BCUT2D eigenvalue weighted by Gasteiger charge is -2.25. The average molecular weight is 328 g/mol. The molecule has 0 radical (unpaired) electrons. The smallest absolute Gasteiger partial charge is 0.416 e. The number of aromatic nitrogens is 1. The molecule has 6 nitrogen and oxygen atoms in total. The molecule has 22 heavy (non-hydrogen) atoms. The van der Waals surface area contributed by atoms with Crippen molar-refractivity contribution in [2.45, 2.75) is 46.6 Å². The van der Waals surface area contributed by atoms with Crippen LogP contribution in [0.15, 0.2) is 0 Å². The average Bonchev–Trinajstić information content (AvgIpc) is 2.74. The summed E-state index contributed by atoms with van der Waals surface area (Å²) < 4.78 is 10.4. The Morgan fingerprint density at radius 3 is 2.41 bits per heavy atom. The minimum Gasteiger partial charge on any atom is -0.443 e. The van der Waals surface area contributed by atoms with Crippen molar-refractivity contribution >= 4 is 28.3 Å². The summed E-state index contributed by atoms with van der Waals surface area (Å²) in [4.78, 5) is 30.3. The maximum Gasteiger partial charge on any atom is 0.416 e. The number of Topliss-reactive ketones (excluding diaryl/α,β-unsaturated/α-hetero) is 1. The van der Waals surface area contributed by atoms with Gasteiger partial charge in [-0.05, 0) is 34.1 Å². The van der Waals surface area contributed by atoms with Gasteiger partial charge in [-0.2, -0.15) is 0 Å². The number of ether oxygens (including phenoxy) is 2. The van der Waals surface area contributed by atoms with Crippen molar-refractivity contribution in [2.24, 2.45) is 0 Å². The summed E-state index contributed by atoms with van der Waals surface area (Å²) >= 11 is 1.21. The lowest BCUT2D eigenvalue weighted by molar-refractivity contribution is 0.0577. The number of hydrogen-bond acceptors (Lipinski definition) is 6. The van der Waals surface area contributed by atoms with E-state index in [0.717, 1.165) is 0 Å². The molecule has 0 fully saturated rings.